The van der Waals surface area contributed by atoms with Crippen LogP contribution in [0.5, 0.6) is 0 Å². The Morgan fingerprint density at radius 2 is 2.15 bits per heavy atom. The minimum absolute atomic E-state index is 0.889. The van der Waals surface area contributed by atoms with Crippen LogP contribution in [0.3, 0.4) is 0 Å². The minimum atomic E-state index is 0.889. The maximum absolute atomic E-state index is 4.40. The Balaban J connectivity index is 2.56. The third kappa shape index (κ3) is 0.839. The van der Waals surface area contributed by atoms with Crippen molar-refractivity contribution in [1.82, 2.24) is 15.0 Å². The number of hydrogen-bond donors (Lipinski definition) is 1. The maximum atomic E-state index is 4.40. The van der Waals surface area contributed by atoms with Gasteiger partial charge in [0.1, 0.15) is 5.69 Å². The maximum Gasteiger partial charge on any atom is 0.174 e. The molecule has 0 fully saturated rings. The largest absolute Gasteiger partial charge is 0.335 e. The molecule has 13 heavy (non-hydrogen) atoms. The topological polar surface area (TPSA) is 41.6 Å². The Morgan fingerprint density at radius 1 is 1.23 bits per heavy atom. The van der Waals surface area contributed by atoms with Gasteiger partial charge >= 0.3 is 0 Å². The number of aromatic amines is 1. The molecule has 3 nitrogen and oxygen atoms in total. The highest BCUT2D eigenvalue weighted by Crippen LogP contribution is 2.26. The highest BCUT2D eigenvalue weighted by atomic mass is 14.9. The Morgan fingerprint density at radius 3 is 3.15 bits per heavy atom. The van der Waals surface area contributed by atoms with Gasteiger partial charge in [0.25, 0.3) is 0 Å². The summed E-state index contributed by atoms with van der Waals surface area (Å²) in [4.78, 5) is 11.2. The first kappa shape index (κ1) is 6.60. The number of hydrogen-bond acceptors (Lipinski definition) is 2. The first-order valence-electron chi connectivity index (χ1n) is 4.05. The van der Waals surface area contributed by atoms with Gasteiger partial charge in [-0.3, -0.25) is 0 Å². The highest BCUT2D eigenvalue weighted by molar-refractivity contribution is 5.94. The van der Waals surface area contributed by atoms with Crippen LogP contribution in [0.2, 0.25) is 0 Å². The van der Waals surface area contributed by atoms with Crippen molar-refractivity contribution in [3.05, 3.63) is 36.8 Å². The first-order chi connectivity index (χ1) is 6.45. The molecule has 2 aliphatic heterocycles. The van der Waals surface area contributed by atoms with E-state index in [0.717, 1.165) is 22.3 Å². The molecule has 0 aromatic heterocycles. The summed E-state index contributed by atoms with van der Waals surface area (Å²) in [6.45, 7) is 0. The molecule has 1 radical (unpaired) electrons. The summed E-state index contributed by atoms with van der Waals surface area (Å²) < 4.78 is 0. The molecule has 0 atom stereocenters. The molecule has 0 saturated carbocycles. The zero-order valence-corrected chi connectivity index (χ0v) is 6.78. The molecule has 3 rings (SSSR count). The van der Waals surface area contributed by atoms with Gasteiger partial charge in [-0.2, -0.15) is 0 Å². The second-order valence-electron chi connectivity index (χ2n) is 2.88. The first-order valence-corrected chi connectivity index (χ1v) is 4.05. The van der Waals surface area contributed by atoms with Gasteiger partial charge in [-0.05, 0) is 6.07 Å². The highest BCUT2D eigenvalue weighted by Gasteiger charge is 2.10. The summed E-state index contributed by atoms with van der Waals surface area (Å²) in [6, 6.07) is 8.00. The summed E-state index contributed by atoms with van der Waals surface area (Å²) in [5.74, 6) is 0. The van der Waals surface area contributed by atoms with Crippen LogP contribution in [-0.2, 0) is 0 Å². The summed E-state index contributed by atoms with van der Waals surface area (Å²) in [6.07, 6.45) is 4.41. The molecule has 0 amide bonds. The SMILES string of the molecule is [c]1ncc2nc3ccccc3c-2[nH]1. The van der Waals surface area contributed by atoms with Crippen molar-refractivity contribution in [3.8, 4) is 11.4 Å². The molecule has 0 saturated heterocycles. The monoisotopic (exact) mass is 168 g/mol. The van der Waals surface area contributed by atoms with Gasteiger partial charge in [-0.1, -0.05) is 18.2 Å². The van der Waals surface area contributed by atoms with Gasteiger partial charge in [0.15, 0.2) is 6.33 Å². The minimum Gasteiger partial charge on any atom is -0.335 e. The summed E-state index contributed by atoms with van der Waals surface area (Å²) in [5, 5.41) is 1.12. The number of H-pyrrole nitrogens is 1. The van der Waals surface area contributed by atoms with Crippen LogP contribution >= 0.6 is 0 Å². The molecular weight excluding hydrogens is 162 g/mol. The molecule has 61 valence electrons. The van der Waals surface area contributed by atoms with Crippen LogP contribution in [0.4, 0.5) is 0 Å². The van der Waals surface area contributed by atoms with E-state index >= 15 is 0 Å². The van der Waals surface area contributed by atoms with E-state index in [1.165, 1.54) is 0 Å². The van der Waals surface area contributed by atoms with Gasteiger partial charge in [-0.25, -0.2) is 9.97 Å². The third-order valence-electron chi connectivity index (χ3n) is 2.10. The van der Waals surface area contributed by atoms with E-state index in [2.05, 4.69) is 21.3 Å². The fourth-order valence-electron chi connectivity index (χ4n) is 1.51. The zero-order chi connectivity index (χ0) is 8.67. The summed E-state index contributed by atoms with van der Waals surface area (Å²) in [7, 11) is 0. The predicted molar refractivity (Wildman–Crippen MR) is 49.3 cm³/mol. The third-order valence-corrected chi connectivity index (χ3v) is 2.10. The van der Waals surface area contributed by atoms with Gasteiger partial charge in [0.05, 0.1) is 17.4 Å². The van der Waals surface area contributed by atoms with Crippen molar-refractivity contribution < 1.29 is 0 Å². The smallest absolute Gasteiger partial charge is 0.174 e. The van der Waals surface area contributed by atoms with E-state index in [0.29, 0.717) is 0 Å². The average molecular weight is 168 g/mol. The van der Waals surface area contributed by atoms with Gasteiger partial charge < -0.3 is 4.98 Å². The lowest BCUT2D eigenvalue weighted by molar-refractivity contribution is 1.14. The normalized spacial score (nSPS) is 11.1. The molecule has 1 aromatic carbocycles. The molecule has 1 aromatic rings. The van der Waals surface area contributed by atoms with Crippen LogP contribution in [0.1, 0.15) is 0 Å². The van der Waals surface area contributed by atoms with Crippen molar-refractivity contribution in [3.63, 3.8) is 0 Å². The van der Waals surface area contributed by atoms with Gasteiger partial charge in [0.2, 0.25) is 0 Å². The molecule has 1 N–H and O–H groups in total. The van der Waals surface area contributed by atoms with Gasteiger partial charge in [0, 0.05) is 5.39 Å². The Bertz CT molecular complexity index is 527. The van der Waals surface area contributed by atoms with Crippen LogP contribution in [0, 0.1) is 6.33 Å². The Kier molecular flexibility index (Phi) is 1.16. The van der Waals surface area contributed by atoms with Crippen molar-refractivity contribution in [2.24, 2.45) is 0 Å². The number of para-hydroxylation sites is 1. The molecule has 0 unspecified atom stereocenters. The second kappa shape index (κ2) is 2.29. The number of nitrogens with one attached hydrogen (secondary N) is 1. The number of nitrogens with zero attached hydrogens (tertiary/aromatic N) is 2. The Labute approximate surface area is 74.8 Å². The van der Waals surface area contributed by atoms with E-state index in [1.807, 2.05) is 24.3 Å². The Hall–Kier alpha value is -1.90. The molecule has 0 spiro atoms. The lowest BCUT2D eigenvalue weighted by atomic mass is 10.2. The van der Waals surface area contributed by atoms with Crippen molar-refractivity contribution in [1.29, 1.82) is 0 Å². The number of aromatic nitrogens is 3. The van der Waals surface area contributed by atoms with Crippen LogP contribution in [0.15, 0.2) is 30.5 Å². The predicted octanol–water partition coefficient (Wildman–Crippen LogP) is 1.86. The van der Waals surface area contributed by atoms with E-state index in [1.54, 1.807) is 6.20 Å². The second-order valence-corrected chi connectivity index (χ2v) is 2.88. The van der Waals surface area contributed by atoms with Crippen molar-refractivity contribution in [2.45, 2.75) is 0 Å². The lowest BCUT2D eigenvalue weighted by Crippen LogP contribution is -1.83. The van der Waals surface area contributed by atoms with Crippen molar-refractivity contribution >= 4 is 10.9 Å². The van der Waals surface area contributed by atoms with E-state index in [4.69, 9.17) is 0 Å². The van der Waals surface area contributed by atoms with Gasteiger partial charge in [-0.15, -0.1) is 0 Å². The summed E-state index contributed by atoms with van der Waals surface area (Å²) >= 11 is 0. The summed E-state index contributed by atoms with van der Waals surface area (Å²) in [5.41, 5.74) is 2.89. The fourth-order valence-corrected chi connectivity index (χ4v) is 1.51. The standard InChI is InChI=1S/C10H6N3/c1-2-4-8-7(3-1)10-9(13-8)5-11-6-12-10/h1-5H,(H,11,12). The van der Waals surface area contributed by atoms with E-state index < -0.39 is 0 Å². The molecule has 2 heterocycles. The molecule has 0 aliphatic carbocycles. The zero-order valence-electron chi connectivity index (χ0n) is 6.78. The number of fused-ring (bicyclic) bond motifs is 3. The van der Waals surface area contributed by atoms with Crippen LogP contribution < -0.4 is 0 Å². The molecule has 3 heteroatoms. The average Bonchev–Trinajstić information content (AvgIpc) is 2.56. The van der Waals surface area contributed by atoms with E-state index in [9.17, 15) is 0 Å². The van der Waals surface area contributed by atoms with E-state index in [-0.39, 0.29) is 0 Å². The molecule has 0 bridgehead atoms. The molecule has 2 aliphatic rings. The fraction of sp³-hybridized carbons (Fsp3) is 0. The van der Waals surface area contributed by atoms with Crippen LogP contribution in [0.25, 0.3) is 22.3 Å². The number of benzene rings is 1. The number of rotatable bonds is 0. The quantitative estimate of drug-likeness (QED) is 0.556. The van der Waals surface area contributed by atoms with Crippen LogP contribution in [-0.4, -0.2) is 15.0 Å². The van der Waals surface area contributed by atoms with Crippen molar-refractivity contribution in [2.75, 3.05) is 0 Å². The lowest BCUT2D eigenvalue weighted by Gasteiger charge is -1.93. The molecular formula is C10H6N3.